The lowest BCUT2D eigenvalue weighted by molar-refractivity contribution is -0.138. The third kappa shape index (κ3) is 8.02. The number of methoxy groups -OCH3 is 2. The fourth-order valence-corrected chi connectivity index (χ4v) is 7.65. The predicted molar refractivity (Wildman–Crippen MR) is 211 cm³/mol. The van der Waals surface area contributed by atoms with Gasteiger partial charge in [-0.25, -0.2) is 24.5 Å². The molecular formula is C41H48N10O6. The highest BCUT2D eigenvalue weighted by molar-refractivity contribution is 5.90. The maximum absolute atomic E-state index is 13.5. The molecule has 0 spiro atoms. The number of hydrogen-bond acceptors (Lipinski definition) is 10. The van der Waals surface area contributed by atoms with E-state index in [0.717, 1.165) is 70.5 Å². The number of rotatable bonds is 10. The van der Waals surface area contributed by atoms with Gasteiger partial charge in [0, 0.05) is 24.2 Å². The Labute approximate surface area is 330 Å². The summed E-state index contributed by atoms with van der Waals surface area (Å²) in [7, 11) is 2.55. The van der Waals surface area contributed by atoms with Crippen molar-refractivity contribution in [2.45, 2.75) is 77.0 Å². The Morgan fingerprint density at radius 3 is 1.96 bits per heavy atom. The molecule has 7 rings (SSSR count). The number of alkyl carbamates (subject to hydrolysis) is 2. The minimum absolute atomic E-state index is 0.114. The van der Waals surface area contributed by atoms with Crippen molar-refractivity contribution >= 4 is 35.0 Å². The predicted octanol–water partition coefficient (Wildman–Crippen LogP) is 5.92. The molecule has 5 heterocycles. The van der Waals surface area contributed by atoms with Gasteiger partial charge >= 0.3 is 12.2 Å². The van der Waals surface area contributed by atoms with Crippen LogP contribution in [-0.2, 0) is 19.1 Å². The van der Waals surface area contributed by atoms with Crippen molar-refractivity contribution in [3.8, 4) is 33.8 Å². The molecule has 0 radical (unpaired) electrons. The van der Waals surface area contributed by atoms with Gasteiger partial charge in [-0.05, 0) is 63.1 Å². The summed E-state index contributed by atoms with van der Waals surface area (Å²) in [5, 5.41) is 5.32. The Kier molecular flexibility index (Phi) is 11.0. The zero-order chi connectivity index (χ0) is 40.4. The van der Waals surface area contributed by atoms with E-state index in [9.17, 15) is 19.2 Å². The average molecular weight is 777 g/mol. The summed E-state index contributed by atoms with van der Waals surface area (Å²) < 4.78 is 9.46. The van der Waals surface area contributed by atoms with Crippen molar-refractivity contribution in [3.63, 3.8) is 0 Å². The summed E-state index contributed by atoms with van der Waals surface area (Å²) in [4.78, 5) is 80.1. The van der Waals surface area contributed by atoms with Crippen LogP contribution in [0.4, 0.5) is 9.59 Å². The molecule has 16 nitrogen and oxygen atoms in total. The van der Waals surface area contributed by atoms with Crippen LogP contribution in [0.1, 0.15) is 77.1 Å². The molecule has 2 fully saturated rings. The number of ether oxygens (including phenoxy) is 2. The van der Waals surface area contributed by atoms with Crippen molar-refractivity contribution in [1.82, 2.24) is 50.3 Å². The Morgan fingerprint density at radius 2 is 1.33 bits per heavy atom. The minimum atomic E-state index is -1.14. The van der Waals surface area contributed by atoms with Crippen LogP contribution in [-0.4, -0.2) is 103 Å². The molecule has 2 aliphatic rings. The molecule has 0 bridgehead atoms. The molecule has 0 aliphatic carbocycles. The smallest absolute Gasteiger partial charge is 0.407 e. The highest BCUT2D eigenvalue weighted by Crippen LogP contribution is 2.35. The van der Waals surface area contributed by atoms with Crippen LogP contribution in [0.25, 0.3) is 44.8 Å². The van der Waals surface area contributed by atoms with Gasteiger partial charge in [0.15, 0.2) is 0 Å². The Hall–Kier alpha value is -6.32. The van der Waals surface area contributed by atoms with Crippen molar-refractivity contribution in [2.24, 2.45) is 5.92 Å². The Bertz CT molecular complexity index is 2280. The van der Waals surface area contributed by atoms with Crippen molar-refractivity contribution < 1.29 is 28.7 Å². The lowest BCUT2D eigenvalue weighted by Gasteiger charge is -2.32. The molecule has 4 N–H and O–H groups in total. The topological polar surface area (TPSA) is 200 Å². The number of carbonyl (C=O) groups is 4. The molecule has 2 aliphatic heterocycles. The molecule has 0 saturated carbocycles. The van der Waals surface area contributed by atoms with Crippen LogP contribution in [0.3, 0.4) is 0 Å². The number of aromatic amines is 2. The maximum Gasteiger partial charge on any atom is 0.407 e. The molecular weight excluding hydrogens is 729 g/mol. The molecule has 3 aromatic heterocycles. The van der Waals surface area contributed by atoms with E-state index in [1.165, 1.54) is 14.2 Å². The van der Waals surface area contributed by atoms with E-state index in [2.05, 4.69) is 30.6 Å². The molecule has 4 amide bonds. The van der Waals surface area contributed by atoms with Gasteiger partial charge in [-0.1, -0.05) is 44.2 Å². The number of imidazole rings is 2. The quantitative estimate of drug-likeness (QED) is 0.132. The van der Waals surface area contributed by atoms with Crippen LogP contribution in [0.2, 0.25) is 0 Å². The minimum Gasteiger partial charge on any atom is -0.453 e. The lowest BCUT2D eigenvalue weighted by atomic mass is 10.0. The summed E-state index contributed by atoms with van der Waals surface area (Å²) in [5.74, 6) is 0.917. The Morgan fingerprint density at radius 1 is 0.754 bits per heavy atom. The molecule has 2 aromatic carbocycles. The number of nitrogens with zero attached hydrogens (tertiary/aromatic N) is 6. The van der Waals surface area contributed by atoms with E-state index in [0.29, 0.717) is 24.7 Å². The van der Waals surface area contributed by atoms with Gasteiger partial charge in [-0.15, -0.1) is 0 Å². The van der Waals surface area contributed by atoms with E-state index in [1.807, 2.05) is 56.3 Å². The highest BCUT2D eigenvalue weighted by atomic mass is 16.5. The second kappa shape index (κ2) is 16.0. The largest absolute Gasteiger partial charge is 0.453 e. The van der Waals surface area contributed by atoms with E-state index in [1.54, 1.807) is 42.2 Å². The number of amides is 4. The van der Waals surface area contributed by atoms with Gasteiger partial charge in [-0.2, -0.15) is 0 Å². The van der Waals surface area contributed by atoms with Gasteiger partial charge in [0.1, 0.15) is 23.2 Å². The first-order valence-corrected chi connectivity index (χ1v) is 19.2. The molecule has 3 atom stereocenters. The monoisotopic (exact) mass is 776 g/mol. The van der Waals surface area contributed by atoms with Crippen molar-refractivity contribution in [1.29, 1.82) is 0 Å². The molecule has 2 saturated heterocycles. The third-order valence-electron chi connectivity index (χ3n) is 10.7. The molecule has 0 unspecified atom stereocenters. The first kappa shape index (κ1) is 38.9. The summed E-state index contributed by atoms with van der Waals surface area (Å²) in [6, 6.07) is 12.7. The van der Waals surface area contributed by atoms with E-state index in [4.69, 9.17) is 19.4 Å². The average Bonchev–Trinajstić information content (AvgIpc) is 4.05. The van der Waals surface area contributed by atoms with Crippen molar-refractivity contribution in [3.05, 3.63) is 72.7 Å². The fourth-order valence-electron chi connectivity index (χ4n) is 7.65. The van der Waals surface area contributed by atoms with E-state index < -0.39 is 23.8 Å². The molecule has 57 heavy (non-hydrogen) atoms. The number of hydrogen-bond donors (Lipinski definition) is 4. The molecule has 5 aromatic rings. The highest BCUT2D eigenvalue weighted by Gasteiger charge is 2.41. The number of fused-ring (bicyclic) bond motifs is 1. The number of H-pyrrole nitrogens is 2. The summed E-state index contributed by atoms with van der Waals surface area (Å²) in [5.41, 5.74) is 5.40. The van der Waals surface area contributed by atoms with Gasteiger partial charge in [0.2, 0.25) is 11.8 Å². The van der Waals surface area contributed by atoms with Crippen LogP contribution >= 0.6 is 0 Å². The maximum atomic E-state index is 13.5. The van der Waals surface area contributed by atoms with Gasteiger partial charge in [-0.3, -0.25) is 14.6 Å². The number of nitrogens with one attached hydrogen (secondary N) is 4. The number of carbonyl (C=O) groups excluding carboxylic acids is 4. The van der Waals surface area contributed by atoms with Gasteiger partial charge in [0.05, 0.1) is 73.0 Å². The zero-order valence-electron chi connectivity index (χ0n) is 33.0. The van der Waals surface area contributed by atoms with Crippen LogP contribution in [0, 0.1) is 5.92 Å². The van der Waals surface area contributed by atoms with Crippen LogP contribution < -0.4 is 10.6 Å². The summed E-state index contributed by atoms with van der Waals surface area (Å²) >= 11 is 0. The summed E-state index contributed by atoms with van der Waals surface area (Å²) in [6.45, 7) is 8.26. The first-order valence-electron chi connectivity index (χ1n) is 19.2. The Balaban J connectivity index is 1.03. The molecule has 298 valence electrons. The summed E-state index contributed by atoms with van der Waals surface area (Å²) in [6.07, 6.45) is 7.19. The second-order valence-electron chi connectivity index (χ2n) is 15.3. The number of aromatic nitrogens is 6. The third-order valence-corrected chi connectivity index (χ3v) is 10.7. The van der Waals surface area contributed by atoms with Gasteiger partial charge < -0.3 is 39.9 Å². The zero-order valence-corrected chi connectivity index (χ0v) is 33.0. The fraction of sp³-hybridized carbons (Fsp3) is 0.415. The standard InChI is InChI=1S/C41H48N10O6/c1-23(2)34(48-39(54)56-5)37(52)50-17-7-9-32(50)35-43-21-30(46-35)25-13-11-24(12-14-25)29-20-42-28-19-26(15-16-27(28)45-29)31-22-44-36(47-31)33-10-8-18-51(33)38(53)41(3,4)49-40(55)57-6/h11-16,19-23,32-34H,7-10,17-18H2,1-6H3,(H,43,46)(H,44,47)(H,48,54)(H,49,55)/t32-,33-,34-/m0/s1. The van der Waals surface area contributed by atoms with Crippen LogP contribution in [0.15, 0.2) is 61.1 Å². The van der Waals surface area contributed by atoms with Crippen molar-refractivity contribution in [2.75, 3.05) is 27.3 Å². The van der Waals surface area contributed by atoms with Crippen LogP contribution in [0.5, 0.6) is 0 Å². The first-order chi connectivity index (χ1) is 27.4. The second-order valence-corrected chi connectivity index (χ2v) is 15.3. The number of benzene rings is 2. The van der Waals surface area contributed by atoms with Gasteiger partial charge in [0.25, 0.3) is 0 Å². The SMILES string of the molecule is COC(=O)N[C@H](C(=O)N1CCC[C@H]1c1ncc(-c2ccc(-c3cnc4cc(-c5cnc([C@@H]6CCCN6C(=O)C(C)(C)NC(=O)OC)[nH]5)ccc4n3)cc2)[nH]1)C(C)C. The van der Waals surface area contributed by atoms with E-state index in [-0.39, 0.29) is 29.8 Å². The lowest BCUT2D eigenvalue weighted by Crippen LogP contribution is -2.55. The normalized spacial score (nSPS) is 17.5. The molecule has 16 heteroatoms. The van der Waals surface area contributed by atoms with E-state index >= 15 is 0 Å². The number of likely N-dealkylation sites (tertiary alicyclic amines) is 2.